The van der Waals surface area contributed by atoms with Crippen molar-refractivity contribution in [2.24, 2.45) is 5.41 Å². The molecule has 3 heterocycles. The number of aromatic nitrogens is 2. The lowest BCUT2D eigenvalue weighted by molar-refractivity contribution is 0.0489. The van der Waals surface area contributed by atoms with Crippen molar-refractivity contribution < 1.29 is 4.79 Å². The summed E-state index contributed by atoms with van der Waals surface area (Å²) in [7, 11) is 0. The molecule has 2 aromatic rings. The van der Waals surface area contributed by atoms with Gasteiger partial charge in [-0.25, -0.2) is 4.98 Å². The lowest BCUT2D eigenvalue weighted by Crippen LogP contribution is -2.48. The second-order valence-corrected chi connectivity index (χ2v) is 6.97. The topological polar surface area (TPSA) is 78.1 Å². The number of para-hydroxylation sites is 2. The smallest absolute Gasteiger partial charge is 0.280 e. The fourth-order valence-corrected chi connectivity index (χ4v) is 3.97. The van der Waals surface area contributed by atoms with Gasteiger partial charge in [0.15, 0.2) is 5.69 Å². The van der Waals surface area contributed by atoms with Gasteiger partial charge in [0.2, 0.25) is 0 Å². The molecular weight excluding hydrogens is 340 g/mol. The standard InChI is InChI=1S/C18H22N4O2.ClH/c23-16-15(20-13-3-1-2-4-14(13)21-16)17(24)22-11-7-18(8-12-22)5-9-19-10-6-18;/h1-4,19H,5-12H2,(H,21,23);1H. The summed E-state index contributed by atoms with van der Waals surface area (Å²) in [4.78, 5) is 33.9. The molecule has 0 unspecified atom stereocenters. The van der Waals surface area contributed by atoms with E-state index in [1.54, 1.807) is 11.0 Å². The summed E-state index contributed by atoms with van der Waals surface area (Å²) in [6, 6.07) is 7.29. The number of fused-ring (bicyclic) bond motifs is 1. The third-order valence-electron chi connectivity index (χ3n) is 5.58. The van der Waals surface area contributed by atoms with Gasteiger partial charge in [-0.15, -0.1) is 12.4 Å². The minimum Gasteiger partial charge on any atom is -0.337 e. The summed E-state index contributed by atoms with van der Waals surface area (Å²) < 4.78 is 0. The van der Waals surface area contributed by atoms with Crippen LogP contribution in [-0.2, 0) is 0 Å². The summed E-state index contributed by atoms with van der Waals surface area (Å²) in [6.45, 7) is 3.57. The predicted octanol–water partition coefficient (Wildman–Crippen LogP) is 1.95. The lowest BCUT2D eigenvalue weighted by Gasteiger charge is -2.44. The first-order valence-electron chi connectivity index (χ1n) is 8.66. The summed E-state index contributed by atoms with van der Waals surface area (Å²) >= 11 is 0. The van der Waals surface area contributed by atoms with Crippen molar-refractivity contribution in [3.05, 3.63) is 40.3 Å². The first-order valence-corrected chi connectivity index (χ1v) is 8.66. The van der Waals surface area contributed by atoms with Crippen LogP contribution in [0.2, 0.25) is 0 Å². The van der Waals surface area contributed by atoms with Crippen LogP contribution in [0.3, 0.4) is 0 Å². The quantitative estimate of drug-likeness (QED) is 0.812. The fourth-order valence-electron chi connectivity index (χ4n) is 3.97. The van der Waals surface area contributed by atoms with Crippen LogP contribution in [0.1, 0.15) is 36.2 Å². The minimum absolute atomic E-state index is 0. The molecule has 25 heavy (non-hydrogen) atoms. The Morgan fingerprint density at radius 1 is 1.08 bits per heavy atom. The van der Waals surface area contributed by atoms with Gasteiger partial charge in [0.05, 0.1) is 11.0 Å². The van der Waals surface area contributed by atoms with Crippen LogP contribution in [0.15, 0.2) is 29.1 Å². The third-order valence-corrected chi connectivity index (χ3v) is 5.58. The second kappa shape index (κ2) is 7.14. The molecule has 134 valence electrons. The number of likely N-dealkylation sites (tertiary alicyclic amines) is 1. The van der Waals surface area contributed by atoms with E-state index in [1.165, 1.54) is 12.8 Å². The average molecular weight is 363 g/mol. The molecule has 1 spiro atoms. The molecule has 1 aromatic heterocycles. The Balaban J connectivity index is 0.00000182. The van der Waals surface area contributed by atoms with Crippen LogP contribution in [0.5, 0.6) is 0 Å². The number of halogens is 1. The summed E-state index contributed by atoms with van der Waals surface area (Å²) in [5.41, 5.74) is 1.29. The molecule has 2 saturated heterocycles. The molecule has 2 aliphatic heterocycles. The lowest BCUT2D eigenvalue weighted by atomic mass is 9.71. The Kier molecular flexibility index (Phi) is 5.11. The van der Waals surface area contributed by atoms with Crippen molar-refractivity contribution in [2.45, 2.75) is 25.7 Å². The molecule has 2 N–H and O–H groups in total. The number of carbonyl (C=O) groups excluding carboxylic acids is 1. The number of nitrogens with one attached hydrogen (secondary N) is 2. The normalized spacial score (nSPS) is 19.6. The SMILES string of the molecule is Cl.O=C(c1nc2ccccc2[nH]c1=O)N1CCC2(CCNCC2)CC1. The monoisotopic (exact) mass is 362 g/mol. The molecule has 0 radical (unpaired) electrons. The van der Waals surface area contributed by atoms with Crippen molar-refractivity contribution >= 4 is 29.3 Å². The number of H-pyrrole nitrogens is 1. The zero-order valence-corrected chi connectivity index (χ0v) is 14.9. The molecule has 2 aliphatic rings. The number of carbonyl (C=O) groups is 1. The van der Waals surface area contributed by atoms with Crippen molar-refractivity contribution in [3.63, 3.8) is 0 Å². The minimum atomic E-state index is -0.402. The number of benzene rings is 1. The Bertz CT molecular complexity index is 819. The molecular formula is C18H23ClN4O2. The zero-order valence-electron chi connectivity index (χ0n) is 14.1. The summed E-state index contributed by atoms with van der Waals surface area (Å²) in [5, 5.41) is 3.40. The Labute approximate surface area is 152 Å². The maximum absolute atomic E-state index is 12.8. The van der Waals surface area contributed by atoms with E-state index in [1.807, 2.05) is 18.2 Å². The van der Waals surface area contributed by atoms with E-state index in [2.05, 4.69) is 15.3 Å². The Morgan fingerprint density at radius 3 is 2.48 bits per heavy atom. The van der Waals surface area contributed by atoms with Gasteiger partial charge >= 0.3 is 0 Å². The highest BCUT2D eigenvalue weighted by Gasteiger charge is 2.37. The second-order valence-electron chi connectivity index (χ2n) is 6.97. The van der Waals surface area contributed by atoms with Crippen LogP contribution in [0, 0.1) is 5.41 Å². The number of nitrogens with zero attached hydrogens (tertiary/aromatic N) is 2. The van der Waals surface area contributed by atoms with Gasteiger partial charge in [0.25, 0.3) is 11.5 Å². The van der Waals surface area contributed by atoms with E-state index in [0.29, 0.717) is 29.5 Å². The van der Waals surface area contributed by atoms with Gasteiger partial charge in [0.1, 0.15) is 0 Å². The Hall–Kier alpha value is -1.92. The van der Waals surface area contributed by atoms with Crippen molar-refractivity contribution in [2.75, 3.05) is 26.2 Å². The Morgan fingerprint density at radius 2 is 1.76 bits per heavy atom. The molecule has 0 bridgehead atoms. The summed E-state index contributed by atoms with van der Waals surface area (Å²) in [6.07, 6.45) is 4.41. The van der Waals surface area contributed by atoms with Gasteiger partial charge in [-0.3, -0.25) is 9.59 Å². The van der Waals surface area contributed by atoms with Gasteiger partial charge in [-0.2, -0.15) is 0 Å². The van der Waals surface area contributed by atoms with Gasteiger partial charge in [0, 0.05) is 13.1 Å². The number of piperidine rings is 2. The average Bonchev–Trinajstić information content (AvgIpc) is 2.62. The molecule has 0 atom stereocenters. The van der Waals surface area contributed by atoms with Crippen molar-refractivity contribution in [1.82, 2.24) is 20.2 Å². The third kappa shape index (κ3) is 3.41. The largest absolute Gasteiger partial charge is 0.337 e. The predicted molar refractivity (Wildman–Crippen MR) is 99.3 cm³/mol. The number of hydrogen-bond acceptors (Lipinski definition) is 4. The molecule has 7 heteroatoms. The molecule has 0 aliphatic carbocycles. The van der Waals surface area contributed by atoms with E-state index < -0.39 is 5.56 Å². The number of amides is 1. The molecule has 1 amide bonds. The van der Waals surface area contributed by atoms with Gasteiger partial charge in [-0.1, -0.05) is 12.1 Å². The first kappa shape index (κ1) is 17.9. The van der Waals surface area contributed by atoms with E-state index in [-0.39, 0.29) is 24.0 Å². The molecule has 0 saturated carbocycles. The van der Waals surface area contributed by atoms with Crippen molar-refractivity contribution in [3.8, 4) is 0 Å². The fraction of sp³-hybridized carbons (Fsp3) is 0.500. The first-order chi connectivity index (χ1) is 11.7. The molecule has 2 fully saturated rings. The molecule has 4 rings (SSSR count). The maximum Gasteiger partial charge on any atom is 0.280 e. The van der Waals surface area contributed by atoms with E-state index in [9.17, 15) is 9.59 Å². The number of aromatic amines is 1. The van der Waals surface area contributed by atoms with Crippen LogP contribution < -0.4 is 10.9 Å². The highest BCUT2D eigenvalue weighted by Crippen LogP contribution is 2.39. The van der Waals surface area contributed by atoms with Gasteiger partial charge in [-0.05, 0) is 56.3 Å². The van der Waals surface area contributed by atoms with Crippen LogP contribution in [0.25, 0.3) is 11.0 Å². The van der Waals surface area contributed by atoms with E-state index in [0.717, 1.165) is 25.9 Å². The highest BCUT2D eigenvalue weighted by atomic mass is 35.5. The maximum atomic E-state index is 12.8. The zero-order chi connectivity index (χ0) is 16.6. The van der Waals surface area contributed by atoms with Crippen molar-refractivity contribution in [1.29, 1.82) is 0 Å². The molecule has 6 nitrogen and oxygen atoms in total. The van der Waals surface area contributed by atoms with E-state index >= 15 is 0 Å². The highest BCUT2D eigenvalue weighted by molar-refractivity contribution is 5.93. The van der Waals surface area contributed by atoms with E-state index in [4.69, 9.17) is 0 Å². The summed E-state index contributed by atoms with van der Waals surface area (Å²) in [5.74, 6) is -0.245. The number of hydrogen-bond donors (Lipinski definition) is 2. The van der Waals surface area contributed by atoms with Gasteiger partial charge < -0.3 is 15.2 Å². The van der Waals surface area contributed by atoms with Crippen LogP contribution >= 0.6 is 12.4 Å². The van der Waals surface area contributed by atoms with Crippen LogP contribution in [-0.4, -0.2) is 47.0 Å². The molecule has 1 aromatic carbocycles. The van der Waals surface area contributed by atoms with Crippen LogP contribution in [0.4, 0.5) is 0 Å². The number of rotatable bonds is 1.